The molecule has 1 saturated heterocycles. The summed E-state index contributed by atoms with van der Waals surface area (Å²) in [6, 6.07) is 3.13. The quantitative estimate of drug-likeness (QED) is 0.682. The minimum atomic E-state index is -0.747. The van der Waals surface area contributed by atoms with Gasteiger partial charge in [0, 0.05) is 24.6 Å². The average Bonchev–Trinajstić information content (AvgIpc) is 2.70. The molecule has 0 aromatic heterocycles. The van der Waals surface area contributed by atoms with Crippen LogP contribution in [0.2, 0.25) is 0 Å². The van der Waals surface area contributed by atoms with Crippen LogP contribution >= 0.6 is 0 Å². The van der Waals surface area contributed by atoms with Crippen LogP contribution < -0.4 is 5.43 Å². The van der Waals surface area contributed by atoms with E-state index in [4.69, 9.17) is 0 Å². The van der Waals surface area contributed by atoms with Gasteiger partial charge in [-0.05, 0) is 31.9 Å². The second kappa shape index (κ2) is 7.80. The number of carbonyl (C=O) groups is 2. The Bertz CT molecular complexity index is 632. The molecule has 1 aliphatic heterocycles. The summed E-state index contributed by atoms with van der Waals surface area (Å²) >= 11 is 0. The zero-order valence-corrected chi connectivity index (χ0v) is 12.9. The van der Waals surface area contributed by atoms with Crippen LogP contribution in [-0.2, 0) is 9.59 Å². The highest BCUT2D eigenvalue weighted by molar-refractivity contribution is 5.99. The molecule has 0 aliphatic carbocycles. The Hall–Kier alpha value is -2.31. The molecule has 1 heterocycles. The Labute approximate surface area is 133 Å². The Morgan fingerprint density at radius 2 is 2.09 bits per heavy atom. The molecule has 5 nitrogen and oxygen atoms in total. The maximum absolute atomic E-state index is 13.6. The lowest BCUT2D eigenvalue weighted by atomic mass is 10.1. The van der Waals surface area contributed by atoms with Gasteiger partial charge in [-0.25, -0.2) is 14.2 Å². The number of benzene rings is 1. The summed E-state index contributed by atoms with van der Waals surface area (Å²) in [5, 5.41) is 3.82. The fraction of sp³-hybridized carbons (Fsp3) is 0.438. The van der Waals surface area contributed by atoms with Crippen molar-refractivity contribution < 1.29 is 18.4 Å². The first-order valence-electron chi connectivity index (χ1n) is 7.53. The van der Waals surface area contributed by atoms with Gasteiger partial charge >= 0.3 is 0 Å². The van der Waals surface area contributed by atoms with Crippen molar-refractivity contribution in [3.63, 3.8) is 0 Å². The summed E-state index contributed by atoms with van der Waals surface area (Å²) in [5.41, 5.74) is 2.63. The smallest absolute Gasteiger partial charge is 0.259 e. The van der Waals surface area contributed by atoms with Crippen LogP contribution in [0.4, 0.5) is 8.78 Å². The third kappa shape index (κ3) is 4.84. The van der Waals surface area contributed by atoms with Crippen LogP contribution in [0.1, 0.15) is 38.2 Å². The van der Waals surface area contributed by atoms with Gasteiger partial charge in [-0.1, -0.05) is 6.42 Å². The molecule has 0 unspecified atom stereocenters. The molecule has 0 radical (unpaired) electrons. The van der Waals surface area contributed by atoms with Gasteiger partial charge in [-0.3, -0.25) is 9.59 Å². The van der Waals surface area contributed by atoms with Crippen LogP contribution in [0.5, 0.6) is 0 Å². The van der Waals surface area contributed by atoms with Gasteiger partial charge < -0.3 is 4.90 Å². The second-order valence-electron chi connectivity index (χ2n) is 5.48. The second-order valence-corrected chi connectivity index (χ2v) is 5.48. The number of amides is 2. The molecule has 1 N–H and O–H groups in total. The van der Waals surface area contributed by atoms with E-state index in [-0.39, 0.29) is 23.7 Å². The molecular formula is C16H19F2N3O2. The molecule has 0 atom stereocenters. The van der Waals surface area contributed by atoms with Gasteiger partial charge in [0.2, 0.25) is 5.91 Å². The fourth-order valence-electron chi connectivity index (χ4n) is 2.40. The van der Waals surface area contributed by atoms with E-state index in [0.29, 0.717) is 13.0 Å². The van der Waals surface area contributed by atoms with Crippen LogP contribution in [-0.4, -0.2) is 35.5 Å². The number of likely N-dealkylation sites (tertiary alicyclic amines) is 1. The highest BCUT2D eigenvalue weighted by atomic mass is 19.1. The molecule has 7 heteroatoms. The number of rotatable bonds is 4. The van der Waals surface area contributed by atoms with E-state index in [1.54, 1.807) is 0 Å². The molecule has 0 bridgehead atoms. The first kappa shape index (κ1) is 17.1. The van der Waals surface area contributed by atoms with Crippen LogP contribution in [0, 0.1) is 11.6 Å². The van der Waals surface area contributed by atoms with Gasteiger partial charge in [-0.15, -0.1) is 0 Å². The number of nitrogens with one attached hydrogen (secondary N) is 1. The van der Waals surface area contributed by atoms with E-state index < -0.39 is 17.5 Å². The maximum Gasteiger partial charge on any atom is 0.259 e. The molecule has 124 valence electrons. The fourth-order valence-corrected chi connectivity index (χ4v) is 2.40. The molecule has 1 aromatic rings. The normalized spacial score (nSPS) is 16.2. The molecule has 2 amide bonds. The highest BCUT2D eigenvalue weighted by Gasteiger charge is 2.19. The van der Waals surface area contributed by atoms with Crippen LogP contribution in [0.15, 0.2) is 23.3 Å². The Kier molecular flexibility index (Phi) is 5.78. The molecule has 23 heavy (non-hydrogen) atoms. The molecular weight excluding hydrogens is 304 g/mol. The van der Waals surface area contributed by atoms with Crippen molar-refractivity contribution in [1.29, 1.82) is 0 Å². The highest BCUT2D eigenvalue weighted by Crippen LogP contribution is 2.11. The number of nitrogens with zero attached hydrogens (tertiary/aromatic N) is 2. The zero-order valence-electron chi connectivity index (χ0n) is 12.9. The van der Waals surface area contributed by atoms with E-state index in [1.165, 1.54) is 17.9 Å². The predicted octanol–water partition coefficient (Wildman–Crippen LogP) is 2.21. The van der Waals surface area contributed by atoms with Crippen molar-refractivity contribution in [2.75, 3.05) is 13.1 Å². The summed E-state index contributed by atoms with van der Waals surface area (Å²) in [4.78, 5) is 25.2. The van der Waals surface area contributed by atoms with E-state index in [2.05, 4.69) is 10.5 Å². The number of hydrogen-bond acceptors (Lipinski definition) is 3. The van der Waals surface area contributed by atoms with Gasteiger partial charge in [0.1, 0.15) is 18.2 Å². The van der Waals surface area contributed by atoms with Crippen molar-refractivity contribution in [2.45, 2.75) is 32.6 Å². The monoisotopic (exact) mass is 323 g/mol. The minimum absolute atomic E-state index is 0.0390. The summed E-state index contributed by atoms with van der Waals surface area (Å²) in [5.74, 6) is -1.91. The van der Waals surface area contributed by atoms with Crippen molar-refractivity contribution in [3.05, 3.63) is 35.4 Å². The number of hydrogen-bond donors (Lipinski definition) is 1. The zero-order chi connectivity index (χ0) is 16.8. The van der Waals surface area contributed by atoms with Crippen LogP contribution in [0.25, 0.3) is 0 Å². The predicted molar refractivity (Wildman–Crippen MR) is 81.8 cm³/mol. The van der Waals surface area contributed by atoms with Crippen molar-refractivity contribution in [3.8, 4) is 0 Å². The number of hydrazone groups is 1. The van der Waals surface area contributed by atoms with E-state index in [0.717, 1.165) is 31.4 Å². The van der Waals surface area contributed by atoms with Crippen molar-refractivity contribution >= 4 is 17.5 Å². The summed E-state index contributed by atoms with van der Waals surface area (Å²) < 4.78 is 26.5. The number of halogens is 2. The maximum atomic E-state index is 13.6. The summed E-state index contributed by atoms with van der Waals surface area (Å²) in [6.45, 7) is 2.00. The largest absolute Gasteiger partial charge is 0.333 e. The third-order valence-electron chi connectivity index (χ3n) is 3.68. The van der Waals surface area contributed by atoms with Gasteiger partial charge in [0.15, 0.2) is 0 Å². The standard InChI is InChI=1S/C16H19F2N3O2/c1-11(13-7-6-12(17)9-14(13)18)19-20-15(22)10-21-8-4-2-3-5-16(21)23/h6-7,9H,2-5,8,10H2,1H3,(H,20,22)/b19-11-. The van der Waals surface area contributed by atoms with Gasteiger partial charge in [-0.2, -0.15) is 5.10 Å². The first-order chi connectivity index (χ1) is 11.0. The average molecular weight is 323 g/mol. The Balaban J connectivity index is 1.95. The Morgan fingerprint density at radius 3 is 2.83 bits per heavy atom. The topological polar surface area (TPSA) is 61.8 Å². The third-order valence-corrected chi connectivity index (χ3v) is 3.68. The lowest BCUT2D eigenvalue weighted by molar-refractivity contribution is -0.135. The molecule has 1 fully saturated rings. The van der Waals surface area contributed by atoms with E-state index >= 15 is 0 Å². The summed E-state index contributed by atoms with van der Waals surface area (Å²) in [7, 11) is 0. The van der Waals surface area contributed by atoms with Crippen molar-refractivity contribution in [2.24, 2.45) is 5.10 Å². The van der Waals surface area contributed by atoms with Crippen molar-refractivity contribution in [1.82, 2.24) is 10.3 Å². The first-order valence-corrected chi connectivity index (χ1v) is 7.53. The summed E-state index contributed by atoms with van der Waals surface area (Å²) in [6.07, 6.45) is 3.15. The molecule has 2 rings (SSSR count). The SMILES string of the molecule is C/C(=N/NC(=O)CN1CCCCCC1=O)c1ccc(F)cc1F. The molecule has 0 spiro atoms. The van der Waals surface area contributed by atoms with Crippen LogP contribution in [0.3, 0.4) is 0 Å². The van der Waals surface area contributed by atoms with E-state index in [1.807, 2.05) is 0 Å². The Morgan fingerprint density at radius 1 is 1.30 bits per heavy atom. The minimum Gasteiger partial charge on any atom is -0.333 e. The van der Waals surface area contributed by atoms with E-state index in [9.17, 15) is 18.4 Å². The van der Waals surface area contributed by atoms with Gasteiger partial charge in [0.05, 0.1) is 5.71 Å². The van der Waals surface area contributed by atoms with Gasteiger partial charge in [0.25, 0.3) is 5.91 Å². The molecule has 1 aliphatic rings. The number of carbonyl (C=O) groups excluding carboxylic acids is 2. The molecule has 0 saturated carbocycles. The lowest BCUT2D eigenvalue weighted by Gasteiger charge is -2.19. The molecule has 1 aromatic carbocycles. The lowest BCUT2D eigenvalue weighted by Crippen LogP contribution is -2.39.